The first-order valence-corrected chi connectivity index (χ1v) is 7.11. The third-order valence-corrected chi connectivity index (χ3v) is 4.38. The van der Waals surface area contributed by atoms with Gasteiger partial charge in [-0.05, 0) is 55.0 Å². The van der Waals surface area contributed by atoms with Crippen molar-refractivity contribution in [3.63, 3.8) is 0 Å². The van der Waals surface area contributed by atoms with Crippen LogP contribution in [0, 0.1) is 11.7 Å². The molecule has 0 aromatic heterocycles. The summed E-state index contributed by atoms with van der Waals surface area (Å²) < 4.78 is 14.8. The molecule has 3 unspecified atom stereocenters. The first kappa shape index (κ1) is 13.0. The van der Waals surface area contributed by atoms with Gasteiger partial charge in [-0.15, -0.1) is 0 Å². The van der Waals surface area contributed by atoms with Crippen LogP contribution >= 0.6 is 15.9 Å². The first-order chi connectivity index (χ1) is 8.13. The van der Waals surface area contributed by atoms with Crippen molar-refractivity contribution in [2.45, 2.75) is 38.6 Å². The van der Waals surface area contributed by atoms with Crippen molar-refractivity contribution in [1.82, 2.24) is 5.32 Å². The molecule has 1 aliphatic carbocycles. The van der Waals surface area contributed by atoms with Crippen LogP contribution < -0.4 is 5.32 Å². The molecule has 0 radical (unpaired) electrons. The van der Waals surface area contributed by atoms with Crippen molar-refractivity contribution in [3.8, 4) is 0 Å². The fourth-order valence-corrected chi connectivity index (χ4v) is 3.33. The van der Waals surface area contributed by atoms with E-state index in [-0.39, 0.29) is 5.82 Å². The zero-order valence-electron chi connectivity index (χ0n) is 10.3. The minimum atomic E-state index is -0.0674. The van der Waals surface area contributed by atoms with Gasteiger partial charge in [0.1, 0.15) is 5.82 Å². The van der Waals surface area contributed by atoms with Gasteiger partial charge < -0.3 is 5.32 Å². The van der Waals surface area contributed by atoms with Crippen molar-refractivity contribution >= 4 is 15.9 Å². The Morgan fingerprint density at radius 1 is 1.41 bits per heavy atom. The third kappa shape index (κ3) is 2.71. The van der Waals surface area contributed by atoms with E-state index in [2.05, 4.69) is 35.1 Å². The standard InChI is InChI=1S/C14H19BrFN/c1-3-17-14-7-5-11(9(14)2)12-8-10(15)4-6-13(12)16/h4,6,8-9,11,14,17H,3,5,7H2,1-2H3. The summed E-state index contributed by atoms with van der Waals surface area (Å²) >= 11 is 3.43. The fraction of sp³-hybridized carbons (Fsp3) is 0.571. The van der Waals surface area contributed by atoms with Gasteiger partial charge in [0.2, 0.25) is 0 Å². The van der Waals surface area contributed by atoms with Crippen LogP contribution in [0.1, 0.15) is 38.2 Å². The Hall–Kier alpha value is -0.410. The van der Waals surface area contributed by atoms with Gasteiger partial charge in [-0.2, -0.15) is 0 Å². The Kier molecular flexibility index (Phi) is 4.21. The lowest BCUT2D eigenvalue weighted by Gasteiger charge is -2.22. The molecule has 1 aromatic carbocycles. The van der Waals surface area contributed by atoms with E-state index < -0.39 is 0 Å². The predicted octanol–water partition coefficient (Wildman–Crippen LogP) is 4.08. The molecule has 1 saturated carbocycles. The van der Waals surface area contributed by atoms with Crippen molar-refractivity contribution in [3.05, 3.63) is 34.1 Å². The smallest absolute Gasteiger partial charge is 0.126 e. The van der Waals surface area contributed by atoms with Crippen molar-refractivity contribution < 1.29 is 4.39 Å². The summed E-state index contributed by atoms with van der Waals surface area (Å²) in [5, 5.41) is 3.49. The summed E-state index contributed by atoms with van der Waals surface area (Å²) in [5.41, 5.74) is 0.868. The Balaban J connectivity index is 2.20. The van der Waals surface area contributed by atoms with E-state index in [1.54, 1.807) is 12.1 Å². The van der Waals surface area contributed by atoms with Gasteiger partial charge >= 0.3 is 0 Å². The monoisotopic (exact) mass is 299 g/mol. The third-order valence-electron chi connectivity index (χ3n) is 3.88. The van der Waals surface area contributed by atoms with Crippen molar-refractivity contribution in [2.24, 2.45) is 5.92 Å². The molecule has 1 fully saturated rings. The van der Waals surface area contributed by atoms with Crippen LogP contribution in [0.5, 0.6) is 0 Å². The molecule has 3 heteroatoms. The highest BCUT2D eigenvalue weighted by Crippen LogP contribution is 2.41. The minimum Gasteiger partial charge on any atom is -0.314 e. The molecule has 2 rings (SSSR count). The normalized spacial score (nSPS) is 28.6. The Bertz CT molecular complexity index is 394. The maximum atomic E-state index is 13.9. The van der Waals surface area contributed by atoms with Crippen molar-refractivity contribution in [1.29, 1.82) is 0 Å². The maximum absolute atomic E-state index is 13.9. The second kappa shape index (κ2) is 5.49. The summed E-state index contributed by atoms with van der Waals surface area (Å²) in [5.74, 6) is 0.775. The lowest BCUT2D eigenvalue weighted by molar-refractivity contribution is 0.405. The van der Waals surface area contributed by atoms with Gasteiger partial charge in [-0.25, -0.2) is 4.39 Å². The topological polar surface area (TPSA) is 12.0 Å². The maximum Gasteiger partial charge on any atom is 0.126 e. The van der Waals surface area contributed by atoms with E-state index in [0.29, 0.717) is 17.9 Å². The average molecular weight is 300 g/mol. The number of hydrogen-bond acceptors (Lipinski definition) is 1. The van der Waals surface area contributed by atoms with Crippen LogP contribution in [0.2, 0.25) is 0 Å². The van der Waals surface area contributed by atoms with Gasteiger partial charge in [-0.1, -0.05) is 29.8 Å². The number of nitrogens with one attached hydrogen (secondary N) is 1. The van der Waals surface area contributed by atoms with E-state index in [0.717, 1.165) is 29.4 Å². The molecule has 94 valence electrons. The lowest BCUT2D eigenvalue weighted by atomic mass is 9.88. The van der Waals surface area contributed by atoms with Crippen molar-refractivity contribution in [2.75, 3.05) is 6.54 Å². The second-order valence-corrected chi connectivity index (χ2v) is 5.79. The molecule has 0 bridgehead atoms. The van der Waals surface area contributed by atoms with Crippen LogP contribution in [0.15, 0.2) is 22.7 Å². The number of halogens is 2. The van der Waals surface area contributed by atoms with Crippen LogP contribution in [-0.4, -0.2) is 12.6 Å². The molecule has 0 heterocycles. The Morgan fingerprint density at radius 2 is 2.18 bits per heavy atom. The van der Waals surface area contributed by atoms with E-state index in [4.69, 9.17) is 0 Å². The number of rotatable bonds is 3. The van der Waals surface area contributed by atoms with E-state index in [1.165, 1.54) is 0 Å². The molecule has 1 aromatic rings. The molecule has 1 aliphatic rings. The van der Waals surface area contributed by atoms with E-state index >= 15 is 0 Å². The predicted molar refractivity (Wildman–Crippen MR) is 72.7 cm³/mol. The number of hydrogen-bond donors (Lipinski definition) is 1. The van der Waals surface area contributed by atoms with Crippen LogP contribution in [0.4, 0.5) is 4.39 Å². The van der Waals surface area contributed by atoms with Crippen LogP contribution in [0.25, 0.3) is 0 Å². The Morgan fingerprint density at radius 3 is 2.88 bits per heavy atom. The molecule has 0 amide bonds. The van der Waals surface area contributed by atoms with Gasteiger partial charge in [-0.3, -0.25) is 0 Å². The summed E-state index contributed by atoms with van der Waals surface area (Å²) in [6.45, 7) is 5.34. The zero-order chi connectivity index (χ0) is 12.4. The molecule has 1 nitrogen and oxygen atoms in total. The Labute approximate surface area is 111 Å². The average Bonchev–Trinajstić information content (AvgIpc) is 2.65. The molecular weight excluding hydrogens is 281 g/mol. The zero-order valence-corrected chi connectivity index (χ0v) is 11.9. The van der Waals surface area contributed by atoms with Gasteiger partial charge in [0, 0.05) is 10.5 Å². The molecule has 0 spiro atoms. The number of benzene rings is 1. The molecule has 0 aliphatic heterocycles. The fourth-order valence-electron chi connectivity index (χ4n) is 2.95. The van der Waals surface area contributed by atoms with Crippen LogP contribution in [-0.2, 0) is 0 Å². The molecule has 3 atom stereocenters. The lowest BCUT2D eigenvalue weighted by Crippen LogP contribution is -2.32. The summed E-state index contributed by atoms with van der Waals surface area (Å²) in [6, 6.07) is 5.79. The van der Waals surface area contributed by atoms with E-state index in [9.17, 15) is 4.39 Å². The molecule has 17 heavy (non-hydrogen) atoms. The first-order valence-electron chi connectivity index (χ1n) is 6.31. The van der Waals surface area contributed by atoms with E-state index in [1.807, 2.05) is 6.07 Å². The highest BCUT2D eigenvalue weighted by molar-refractivity contribution is 9.10. The molecule has 0 saturated heterocycles. The quantitative estimate of drug-likeness (QED) is 0.887. The van der Waals surface area contributed by atoms with Gasteiger partial charge in [0.25, 0.3) is 0 Å². The minimum absolute atomic E-state index is 0.0674. The highest BCUT2D eigenvalue weighted by Gasteiger charge is 2.34. The molecule has 1 N–H and O–H groups in total. The second-order valence-electron chi connectivity index (χ2n) is 4.87. The highest BCUT2D eigenvalue weighted by atomic mass is 79.9. The van der Waals surface area contributed by atoms with Gasteiger partial charge in [0.05, 0.1) is 0 Å². The SMILES string of the molecule is CCNC1CCC(c2cc(Br)ccc2F)C1C. The van der Waals surface area contributed by atoms with Gasteiger partial charge in [0.15, 0.2) is 0 Å². The van der Waals surface area contributed by atoms with Crippen LogP contribution in [0.3, 0.4) is 0 Å². The molecular formula is C14H19BrFN. The summed E-state index contributed by atoms with van der Waals surface area (Å²) in [4.78, 5) is 0. The summed E-state index contributed by atoms with van der Waals surface area (Å²) in [6.07, 6.45) is 2.22. The summed E-state index contributed by atoms with van der Waals surface area (Å²) in [7, 11) is 0. The largest absolute Gasteiger partial charge is 0.314 e.